The molecule has 1 aromatic carbocycles. The lowest BCUT2D eigenvalue weighted by Gasteiger charge is -2.12. The van der Waals surface area contributed by atoms with Crippen molar-refractivity contribution in [1.82, 2.24) is 16.0 Å². The van der Waals surface area contributed by atoms with E-state index in [2.05, 4.69) is 16.0 Å². The first-order chi connectivity index (χ1) is 12.9. The molecular formula is C18H26N4O5. The number of unbranched alkanes of at least 4 members (excludes halogenated alkanes) is 2. The van der Waals surface area contributed by atoms with Crippen LogP contribution in [0.1, 0.15) is 36.8 Å². The number of carbonyl (C=O) groups excluding carboxylic acids is 3. The van der Waals surface area contributed by atoms with E-state index in [1.54, 1.807) is 0 Å². The zero-order valence-corrected chi connectivity index (χ0v) is 15.1. The van der Waals surface area contributed by atoms with E-state index in [4.69, 9.17) is 10.8 Å². The van der Waals surface area contributed by atoms with Gasteiger partial charge in [0.25, 0.3) is 0 Å². The van der Waals surface area contributed by atoms with Gasteiger partial charge in [0, 0.05) is 19.5 Å². The second kappa shape index (κ2) is 12.3. The van der Waals surface area contributed by atoms with Gasteiger partial charge in [-0.25, -0.2) is 14.4 Å². The van der Waals surface area contributed by atoms with Crippen LogP contribution in [0.2, 0.25) is 0 Å². The largest absolute Gasteiger partial charge is 0.480 e. The Bertz CT molecular complexity index is 633. The van der Waals surface area contributed by atoms with Crippen LogP contribution in [0.3, 0.4) is 0 Å². The second-order valence-corrected chi connectivity index (χ2v) is 6.05. The third-order valence-corrected chi connectivity index (χ3v) is 3.86. The predicted octanol–water partition coefficient (Wildman–Crippen LogP) is 0.909. The summed E-state index contributed by atoms with van der Waals surface area (Å²) >= 11 is 0. The van der Waals surface area contributed by atoms with E-state index >= 15 is 0 Å². The van der Waals surface area contributed by atoms with Crippen LogP contribution >= 0.6 is 0 Å². The van der Waals surface area contributed by atoms with Gasteiger partial charge in [-0.15, -0.1) is 0 Å². The third-order valence-electron chi connectivity index (χ3n) is 3.86. The summed E-state index contributed by atoms with van der Waals surface area (Å²) in [5.41, 5.74) is 6.78. The molecule has 4 amide bonds. The van der Waals surface area contributed by atoms with Crippen LogP contribution in [0, 0.1) is 0 Å². The molecule has 0 saturated heterocycles. The summed E-state index contributed by atoms with van der Waals surface area (Å²) in [6.45, 7) is 0.845. The summed E-state index contributed by atoms with van der Waals surface area (Å²) < 4.78 is 0. The van der Waals surface area contributed by atoms with Gasteiger partial charge in [-0.05, 0) is 24.0 Å². The first kappa shape index (κ1) is 21.9. The molecule has 0 aliphatic heterocycles. The van der Waals surface area contributed by atoms with E-state index in [0.29, 0.717) is 38.8 Å². The third kappa shape index (κ3) is 9.83. The predicted molar refractivity (Wildman–Crippen MR) is 99.1 cm³/mol. The van der Waals surface area contributed by atoms with E-state index in [0.717, 1.165) is 17.4 Å². The molecule has 0 bridgehead atoms. The van der Waals surface area contributed by atoms with Crippen molar-refractivity contribution in [2.75, 3.05) is 6.54 Å². The van der Waals surface area contributed by atoms with Crippen molar-refractivity contribution in [3.63, 3.8) is 0 Å². The highest BCUT2D eigenvalue weighted by Gasteiger charge is 2.17. The summed E-state index contributed by atoms with van der Waals surface area (Å²) in [4.78, 5) is 43.8. The minimum Gasteiger partial charge on any atom is -0.480 e. The monoisotopic (exact) mass is 378 g/mol. The highest BCUT2D eigenvalue weighted by atomic mass is 16.4. The van der Waals surface area contributed by atoms with Gasteiger partial charge >= 0.3 is 18.0 Å². The molecule has 1 atom stereocenters. The zero-order valence-electron chi connectivity index (χ0n) is 15.1. The molecule has 0 unspecified atom stereocenters. The Morgan fingerprint density at radius 2 is 1.70 bits per heavy atom. The average molecular weight is 378 g/mol. The van der Waals surface area contributed by atoms with Crippen LogP contribution in [0.5, 0.6) is 0 Å². The van der Waals surface area contributed by atoms with Gasteiger partial charge in [-0.2, -0.15) is 0 Å². The van der Waals surface area contributed by atoms with Crippen molar-refractivity contribution in [2.45, 2.75) is 44.7 Å². The maximum absolute atomic E-state index is 11.7. The van der Waals surface area contributed by atoms with Crippen LogP contribution in [0.4, 0.5) is 9.59 Å². The van der Waals surface area contributed by atoms with E-state index < -0.39 is 18.0 Å². The summed E-state index contributed by atoms with van der Waals surface area (Å²) in [6.07, 6.45) is 3.49. The van der Waals surface area contributed by atoms with E-state index in [9.17, 15) is 19.2 Å². The SMILES string of the molecule is NC(=O)N[C@@H](CCCCCNC(=O)NCc1ccc(CC=O)cc1)C(=O)O. The number of aldehydes is 1. The Kier molecular flexibility index (Phi) is 9.98. The van der Waals surface area contributed by atoms with Crippen LogP contribution in [-0.2, 0) is 22.6 Å². The van der Waals surface area contributed by atoms with Crippen molar-refractivity contribution in [3.05, 3.63) is 35.4 Å². The van der Waals surface area contributed by atoms with Crippen LogP contribution in [0.25, 0.3) is 0 Å². The molecule has 9 heteroatoms. The van der Waals surface area contributed by atoms with Gasteiger partial charge in [0.2, 0.25) is 0 Å². The number of aliphatic carboxylic acids is 1. The molecule has 0 radical (unpaired) electrons. The number of urea groups is 2. The maximum atomic E-state index is 11.7. The Hall–Kier alpha value is -3.10. The fourth-order valence-electron chi connectivity index (χ4n) is 2.42. The number of carbonyl (C=O) groups is 4. The molecule has 0 aliphatic rings. The molecule has 1 aromatic rings. The zero-order chi connectivity index (χ0) is 20.1. The molecular weight excluding hydrogens is 352 g/mol. The van der Waals surface area contributed by atoms with Gasteiger partial charge in [-0.1, -0.05) is 37.1 Å². The number of nitrogens with one attached hydrogen (secondary N) is 3. The van der Waals surface area contributed by atoms with Crippen molar-refractivity contribution < 1.29 is 24.3 Å². The highest BCUT2D eigenvalue weighted by Crippen LogP contribution is 2.05. The van der Waals surface area contributed by atoms with Gasteiger partial charge in [0.05, 0.1) is 0 Å². The molecule has 1 rings (SSSR count). The number of amides is 4. The minimum absolute atomic E-state index is 0.282. The summed E-state index contributed by atoms with van der Waals surface area (Å²) in [6, 6.07) is 5.28. The number of hydrogen-bond donors (Lipinski definition) is 5. The van der Waals surface area contributed by atoms with Gasteiger partial charge in [-0.3, -0.25) is 0 Å². The quantitative estimate of drug-likeness (QED) is 0.270. The number of primary amides is 1. The molecule has 0 aliphatic carbocycles. The van der Waals surface area contributed by atoms with Gasteiger partial charge < -0.3 is 31.6 Å². The van der Waals surface area contributed by atoms with Crippen LogP contribution < -0.4 is 21.7 Å². The number of rotatable bonds is 12. The summed E-state index contributed by atoms with van der Waals surface area (Å²) in [7, 11) is 0. The lowest BCUT2D eigenvalue weighted by atomic mass is 10.1. The Balaban J connectivity index is 2.13. The normalized spacial score (nSPS) is 11.3. The first-order valence-corrected chi connectivity index (χ1v) is 8.74. The molecule has 6 N–H and O–H groups in total. The molecule has 0 saturated carbocycles. The number of benzene rings is 1. The standard InChI is InChI=1S/C18H26N4O5/c19-17(26)22-15(16(24)25)4-2-1-3-10-20-18(27)21-12-14-7-5-13(6-8-14)9-11-23/h5-8,11,15H,1-4,9-10,12H2,(H,24,25)(H3,19,22,26)(H2,20,21,27)/t15-/m0/s1. The first-order valence-electron chi connectivity index (χ1n) is 8.74. The maximum Gasteiger partial charge on any atom is 0.326 e. The molecule has 0 aromatic heterocycles. The fourth-order valence-corrected chi connectivity index (χ4v) is 2.42. The fraction of sp³-hybridized carbons (Fsp3) is 0.444. The number of carboxylic acid groups (broad SMARTS) is 1. The lowest BCUT2D eigenvalue weighted by Crippen LogP contribution is -2.43. The highest BCUT2D eigenvalue weighted by molar-refractivity contribution is 5.81. The van der Waals surface area contributed by atoms with Gasteiger partial charge in [0.15, 0.2) is 0 Å². The average Bonchev–Trinajstić information content (AvgIpc) is 2.62. The molecule has 9 nitrogen and oxygen atoms in total. The van der Waals surface area contributed by atoms with E-state index in [-0.39, 0.29) is 12.5 Å². The number of nitrogens with two attached hydrogens (primary N) is 1. The van der Waals surface area contributed by atoms with E-state index in [1.807, 2.05) is 24.3 Å². The van der Waals surface area contributed by atoms with Crippen molar-refractivity contribution in [3.8, 4) is 0 Å². The van der Waals surface area contributed by atoms with Crippen molar-refractivity contribution >= 4 is 24.3 Å². The molecule has 27 heavy (non-hydrogen) atoms. The topological polar surface area (TPSA) is 151 Å². The van der Waals surface area contributed by atoms with E-state index in [1.165, 1.54) is 0 Å². The van der Waals surface area contributed by atoms with Crippen molar-refractivity contribution in [1.29, 1.82) is 0 Å². The second-order valence-electron chi connectivity index (χ2n) is 6.05. The van der Waals surface area contributed by atoms with Crippen LogP contribution in [0.15, 0.2) is 24.3 Å². The lowest BCUT2D eigenvalue weighted by molar-refractivity contribution is -0.139. The molecule has 0 spiro atoms. The number of hydrogen-bond acceptors (Lipinski definition) is 4. The van der Waals surface area contributed by atoms with Crippen molar-refractivity contribution in [2.24, 2.45) is 5.73 Å². The molecule has 0 heterocycles. The smallest absolute Gasteiger partial charge is 0.326 e. The Morgan fingerprint density at radius 1 is 1.04 bits per heavy atom. The summed E-state index contributed by atoms with van der Waals surface area (Å²) in [5, 5.41) is 16.6. The minimum atomic E-state index is -1.12. The number of carboxylic acids is 1. The Morgan fingerprint density at radius 3 is 2.30 bits per heavy atom. The van der Waals surface area contributed by atoms with Crippen LogP contribution in [-0.4, -0.2) is 42.0 Å². The van der Waals surface area contributed by atoms with Gasteiger partial charge in [0.1, 0.15) is 12.3 Å². The molecule has 0 fully saturated rings. The molecule has 148 valence electrons. The summed E-state index contributed by atoms with van der Waals surface area (Å²) in [5.74, 6) is -1.12. The Labute approximate surface area is 157 Å².